The van der Waals surface area contributed by atoms with E-state index in [1.165, 1.54) is 0 Å². The zero-order chi connectivity index (χ0) is 11.0. The minimum atomic E-state index is 0. The van der Waals surface area contributed by atoms with Crippen LogP contribution in [0.2, 0.25) is 0 Å². The number of fused-ring (bicyclic) bond motifs is 1. The molecule has 2 heterocycles. The van der Waals surface area contributed by atoms with Crippen LogP contribution in [-0.2, 0) is 0 Å². The van der Waals surface area contributed by atoms with Gasteiger partial charge in [-0.05, 0) is 6.07 Å². The Morgan fingerprint density at radius 2 is 1.82 bits per heavy atom. The monoisotopic (exact) mass is 246 g/mol. The van der Waals surface area contributed by atoms with Gasteiger partial charge in [0, 0.05) is 23.5 Å². The number of nitrogens with two attached hydrogens (primary N) is 1. The molecule has 0 unspecified atom stereocenters. The molecule has 0 atom stereocenters. The Kier molecular flexibility index (Phi) is 2.97. The van der Waals surface area contributed by atoms with Crippen LogP contribution >= 0.6 is 12.4 Å². The summed E-state index contributed by atoms with van der Waals surface area (Å²) in [6.07, 6.45) is 1.81. The number of hydrogen-bond donors (Lipinski definition) is 1. The maximum atomic E-state index is 5.69. The van der Waals surface area contributed by atoms with Crippen LogP contribution in [0.15, 0.2) is 48.7 Å². The van der Waals surface area contributed by atoms with Gasteiger partial charge in [-0.15, -0.1) is 17.5 Å². The fraction of sp³-hybridized carbons (Fsp3) is 0. The molecule has 17 heavy (non-hydrogen) atoms. The quantitative estimate of drug-likeness (QED) is 0.717. The molecule has 0 aliphatic carbocycles. The highest BCUT2D eigenvalue weighted by Crippen LogP contribution is 2.16. The van der Waals surface area contributed by atoms with Gasteiger partial charge in [-0.3, -0.25) is 0 Å². The van der Waals surface area contributed by atoms with Gasteiger partial charge < -0.3 is 5.73 Å². The van der Waals surface area contributed by atoms with Crippen molar-refractivity contribution < 1.29 is 0 Å². The molecule has 1 aromatic carbocycles. The Morgan fingerprint density at radius 3 is 2.59 bits per heavy atom. The van der Waals surface area contributed by atoms with Crippen LogP contribution in [0.4, 0.5) is 5.69 Å². The maximum absolute atomic E-state index is 5.69. The van der Waals surface area contributed by atoms with E-state index in [2.05, 4.69) is 10.1 Å². The molecule has 0 saturated carbocycles. The average molecular weight is 247 g/mol. The fourth-order valence-corrected chi connectivity index (χ4v) is 1.61. The Balaban J connectivity index is 0.00000108. The highest BCUT2D eigenvalue weighted by molar-refractivity contribution is 5.85. The van der Waals surface area contributed by atoms with Gasteiger partial charge in [0.2, 0.25) is 0 Å². The number of halogens is 1. The summed E-state index contributed by atoms with van der Waals surface area (Å²) in [5.41, 5.74) is 8.15. The number of nitrogens with zero attached hydrogens (tertiary/aromatic N) is 3. The molecular weight excluding hydrogens is 236 g/mol. The van der Waals surface area contributed by atoms with Crippen LogP contribution in [0, 0.1) is 0 Å². The van der Waals surface area contributed by atoms with Crippen molar-refractivity contribution in [2.45, 2.75) is 0 Å². The molecule has 4 nitrogen and oxygen atoms in total. The molecule has 86 valence electrons. The third-order valence-electron chi connectivity index (χ3n) is 2.39. The second-order valence-electron chi connectivity index (χ2n) is 3.56. The van der Waals surface area contributed by atoms with Crippen LogP contribution < -0.4 is 5.73 Å². The van der Waals surface area contributed by atoms with Crippen molar-refractivity contribution in [3.8, 4) is 11.4 Å². The SMILES string of the molecule is Cl.Nc1ccn2nc(-c3ccccc3)nc2c1. The fourth-order valence-electron chi connectivity index (χ4n) is 1.61. The molecule has 2 N–H and O–H groups in total. The van der Waals surface area contributed by atoms with Crippen molar-refractivity contribution in [1.82, 2.24) is 14.6 Å². The first kappa shape index (κ1) is 11.4. The van der Waals surface area contributed by atoms with E-state index in [0.29, 0.717) is 11.5 Å². The topological polar surface area (TPSA) is 56.2 Å². The Labute approximate surface area is 105 Å². The number of anilines is 1. The molecule has 3 rings (SSSR count). The lowest BCUT2D eigenvalue weighted by atomic mass is 10.2. The third-order valence-corrected chi connectivity index (χ3v) is 2.39. The lowest BCUT2D eigenvalue weighted by Crippen LogP contribution is -1.89. The molecule has 0 bridgehead atoms. The Morgan fingerprint density at radius 1 is 1.06 bits per heavy atom. The van der Waals surface area contributed by atoms with Crippen molar-refractivity contribution in [2.75, 3.05) is 5.73 Å². The first-order valence-corrected chi connectivity index (χ1v) is 5.00. The Bertz CT molecular complexity index is 633. The van der Waals surface area contributed by atoms with E-state index < -0.39 is 0 Å². The highest BCUT2D eigenvalue weighted by atomic mass is 35.5. The number of nitrogen functional groups attached to an aromatic ring is 1. The molecule has 2 aromatic heterocycles. The molecule has 0 radical (unpaired) electrons. The van der Waals surface area contributed by atoms with Crippen molar-refractivity contribution in [2.24, 2.45) is 0 Å². The minimum Gasteiger partial charge on any atom is -0.399 e. The molecular formula is C12H11ClN4. The molecule has 0 aliphatic rings. The van der Waals surface area contributed by atoms with Gasteiger partial charge in [0.15, 0.2) is 11.5 Å². The second-order valence-corrected chi connectivity index (χ2v) is 3.56. The lowest BCUT2D eigenvalue weighted by molar-refractivity contribution is 0.966. The normalized spacial score (nSPS) is 10.1. The summed E-state index contributed by atoms with van der Waals surface area (Å²) in [7, 11) is 0. The van der Waals surface area contributed by atoms with Crippen LogP contribution in [0.3, 0.4) is 0 Å². The van der Waals surface area contributed by atoms with Gasteiger partial charge in [0.05, 0.1) is 0 Å². The minimum absolute atomic E-state index is 0. The molecule has 3 aromatic rings. The zero-order valence-electron chi connectivity index (χ0n) is 8.95. The first-order chi connectivity index (χ1) is 7.83. The van der Waals surface area contributed by atoms with Crippen LogP contribution in [0.25, 0.3) is 17.0 Å². The van der Waals surface area contributed by atoms with Gasteiger partial charge in [0.25, 0.3) is 0 Å². The Hall–Kier alpha value is -2.07. The number of hydrogen-bond acceptors (Lipinski definition) is 3. The summed E-state index contributed by atoms with van der Waals surface area (Å²) in [5.74, 6) is 0.714. The van der Waals surface area contributed by atoms with E-state index in [1.54, 1.807) is 16.6 Å². The molecule has 5 heteroatoms. The molecule has 0 fully saturated rings. The molecule has 0 spiro atoms. The van der Waals surface area contributed by atoms with E-state index in [1.807, 2.05) is 36.5 Å². The smallest absolute Gasteiger partial charge is 0.182 e. The number of rotatable bonds is 1. The van der Waals surface area contributed by atoms with Crippen LogP contribution in [-0.4, -0.2) is 14.6 Å². The summed E-state index contributed by atoms with van der Waals surface area (Å²) in [6.45, 7) is 0. The highest BCUT2D eigenvalue weighted by Gasteiger charge is 2.05. The average Bonchev–Trinajstić information content (AvgIpc) is 2.73. The largest absolute Gasteiger partial charge is 0.399 e. The summed E-state index contributed by atoms with van der Waals surface area (Å²) >= 11 is 0. The molecule has 0 aliphatic heterocycles. The van der Waals surface area contributed by atoms with Gasteiger partial charge in [0.1, 0.15) is 0 Å². The predicted molar refractivity (Wildman–Crippen MR) is 70.1 cm³/mol. The summed E-state index contributed by atoms with van der Waals surface area (Å²) in [4.78, 5) is 4.42. The number of pyridine rings is 1. The van der Waals surface area contributed by atoms with E-state index in [-0.39, 0.29) is 12.4 Å². The van der Waals surface area contributed by atoms with Crippen molar-refractivity contribution >= 4 is 23.7 Å². The van der Waals surface area contributed by atoms with E-state index in [4.69, 9.17) is 5.73 Å². The molecule has 0 amide bonds. The maximum Gasteiger partial charge on any atom is 0.182 e. The van der Waals surface area contributed by atoms with Crippen molar-refractivity contribution in [1.29, 1.82) is 0 Å². The third kappa shape index (κ3) is 2.07. The van der Waals surface area contributed by atoms with E-state index in [0.717, 1.165) is 11.2 Å². The van der Waals surface area contributed by atoms with Crippen molar-refractivity contribution in [3.63, 3.8) is 0 Å². The van der Waals surface area contributed by atoms with Gasteiger partial charge in [-0.25, -0.2) is 9.50 Å². The number of aromatic nitrogens is 3. The zero-order valence-corrected chi connectivity index (χ0v) is 9.76. The predicted octanol–water partition coefficient (Wildman–Crippen LogP) is 2.40. The van der Waals surface area contributed by atoms with Crippen LogP contribution in [0.1, 0.15) is 0 Å². The van der Waals surface area contributed by atoms with Crippen molar-refractivity contribution in [3.05, 3.63) is 48.7 Å². The summed E-state index contributed by atoms with van der Waals surface area (Å²) < 4.78 is 1.72. The summed E-state index contributed by atoms with van der Waals surface area (Å²) in [6, 6.07) is 13.5. The van der Waals surface area contributed by atoms with Gasteiger partial charge in [-0.1, -0.05) is 30.3 Å². The molecule has 0 saturated heterocycles. The summed E-state index contributed by atoms with van der Waals surface area (Å²) in [5, 5.41) is 4.37. The number of benzene rings is 1. The standard InChI is InChI=1S/C12H10N4.ClH/c13-10-6-7-16-11(8-10)14-12(15-16)9-4-2-1-3-5-9;/h1-8H,13H2;1H. The lowest BCUT2D eigenvalue weighted by Gasteiger charge is -1.91. The second kappa shape index (κ2) is 4.43. The van der Waals surface area contributed by atoms with E-state index >= 15 is 0 Å². The van der Waals surface area contributed by atoms with Crippen LogP contribution in [0.5, 0.6) is 0 Å². The van der Waals surface area contributed by atoms with Gasteiger partial charge in [-0.2, -0.15) is 0 Å². The van der Waals surface area contributed by atoms with E-state index in [9.17, 15) is 0 Å². The first-order valence-electron chi connectivity index (χ1n) is 5.00. The van der Waals surface area contributed by atoms with Gasteiger partial charge >= 0.3 is 0 Å².